The summed E-state index contributed by atoms with van der Waals surface area (Å²) >= 11 is 0. The molecule has 1 aliphatic rings. The molecule has 8 heteroatoms. The Balaban J connectivity index is 1.74. The van der Waals surface area contributed by atoms with Gasteiger partial charge in [-0.05, 0) is 24.3 Å². The molecule has 1 aliphatic heterocycles. The van der Waals surface area contributed by atoms with Gasteiger partial charge in [0.05, 0.1) is 0 Å². The molecule has 4 nitrogen and oxygen atoms in total. The van der Waals surface area contributed by atoms with Gasteiger partial charge < -0.3 is 4.90 Å². The minimum Gasteiger partial charge on any atom is -0.340 e. The Labute approximate surface area is 137 Å². The van der Waals surface area contributed by atoms with Crippen LogP contribution >= 0.6 is 0 Å². The number of hydrogen-bond acceptors (Lipinski definition) is 3. The lowest BCUT2D eigenvalue weighted by Gasteiger charge is -2.34. The standard InChI is InChI=1S/C16H18F4N2O2/c17-13-3-1-12(2-4-13)14(23)5-6-21-7-9-22(10-8-21)15(24)11-16(18,19)20/h1-4H,5-11H2. The van der Waals surface area contributed by atoms with E-state index in [0.717, 1.165) is 0 Å². The Morgan fingerprint density at radius 1 is 1.00 bits per heavy atom. The van der Waals surface area contributed by atoms with Crippen molar-refractivity contribution in [3.05, 3.63) is 35.6 Å². The second-order valence-corrected chi connectivity index (χ2v) is 5.69. The van der Waals surface area contributed by atoms with Crippen LogP contribution in [-0.4, -0.2) is 60.4 Å². The number of halogens is 4. The van der Waals surface area contributed by atoms with E-state index in [0.29, 0.717) is 25.2 Å². The highest BCUT2D eigenvalue weighted by Gasteiger charge is 2.34. The summed E-state index contributed by atoms with van der Waals surface area (Å²) in [7, 11) is 0. The lowest BCUT2D eigenvalue weighted by atomic mass is 10.1. The van der Waals surface area contributed by atoms with E-state index in [2.05, 4.69) is 0 Å². The van der Waals surface area contributed by atoms with Crippen molar-refractivity contribution < 1.29 is 27.2 Å². The smallest absolute Gasteiger partial charge is 0.340 e. The number of ketones is 1. The van der Waals surface area contributed by atoms with E-state index in [4.69, 9.17) is 0 Å². The zero-order valence-corrected chi connectivity index (χ0v) is 13.0. The molecule has 0 aromatic heterocycles. The molecular formula is C16H18F4N2O2. The van der Waals surface area contributed by atoms with E-state index >= 15 is 0 Å². The summed E-state index contributed by atoms with van der Waals surface area (Å²) in [6.45, 7) is 1.76. The van der Waals surface area contributed by atoms with Crippen LogP contribution in [0.1, 0.15) is 23.2 Å². The van der Waals surface area contributed by atoms with Crippen molar-refractivity contribution >= 4 is 11.7 Å². The number of rotatable bonds is 5. The number of nitrogens with zero attached hydrogens (tertiary/aromatic N) is 2. The zero-order chi connectivity index (χ0) is 17.7. The van der Waals surface area contributed by atoms with Gasteiger partial charge in [0.1, 0.15) is 12.2 Å². The molecule has 0 bridgehead atoms. The second-order valence-electron chi connectivity index (χ2n) is 5.69. The number of benzene rings is 1. The molecule has 0 aliphatic carbocycles. The largest absolute Gasteiger partial charge is 0.397 e. The Morgan fingerprint density at radius 2 is 1.58 bits per heavy atom. The number of hydrogen-bond donors (Lipinski definition) is 0. The van der Waals surface area contributed by atoms with Gasteiger partial charge in [-0.15, -0.1) is 0 Å². The van der Waals surface area contributed by atoms with Crippen LogP contribution in [0.2, 0.25) is 0 Å². The Morgan fingerprint density at radius 3 is 2.12 bits per heavy atom. The predicted octanol–water partition coefficient (Wildman–Crippen LogP) is 2.50. The molecule has 1 amide bonds. The third-order valence-electron chi connectivity index (χ3n) is 3.90. The molecule has 0 radical (unpaired) electrons. The molecule has 0 unspecified atom stereocenters. The molecule has 1 fully saturated rings. The lowest BCUT2D eigenvalue weighted by Crippen LogP contribution is -2.49. The number of alkyl halides is 3. The Hall–Kier alpha value is -1.96. The molecule has 1 aromatic carbocycles. The van der Waals surface area contributed by atoms with Crippen LogP contribution in [0.5, 0.6) is 0 Å². The first-order valence-corrected chi connectivity index (χ1v) is 7.60. The monoisotopic (exact) mass is 346 g/mol. The van der Waals surface area contributed by atoms with Crippen LogP contribution in [0.3, 0.4) is 0 Å². The number of carbonyl (C=O) groups excluding carboxylic acids is 2. The fraction of sp³-hybridized carbons (Fsp3) is 0.500. The topological polar surface area (TPSA) is 40.6 Å². The van der Waals surface area contributed by atoms with Crippen molar-refractivity contribution in [2.75, 3.05) is 32.7 Å². The van der Waals surface area contributed by atoms with Crippen molar-refractivity contribution in [3.63, 3.8) is 0 Å². The maximum atomic E-state index is 12.8. The van der Waals surface area contributed by atoms with E-state index < -0.39 is 24.3 Å². The van der Waals surface area contributed by atoms with Gasteiger partial charge in [0.25, 0.3) is 0 Å². The van der Waals surface area contributed by atoms with Crippen molar-refractivity contribution in [2.24, 2.45) is 0 Å². The van der Waals surface area contributed by atoms with Crippen LogP contribution < -0.4 is 0 Å². The van der Waals surface area contributed by atoms with Gasteiger partial charge in [-0.2, -0.15) is 13.2 Å². The highest BCUT2D eigenvalue weighted by atomic mass is 19.4. The molecule has 132 valence electrons. The van der Waals surface area contributed by atoms with Crippen molar-refractivity contribution in [1.29, 1.82) is 0 Å². The summed E-state index contributed by atoms with van der Waals surface area (Å²) in [5.74, 6) is -1.44. The first-order chi connectivity index (χ1) is 11.2. The summed E-state index contributed by atoms with van der Waals surface area (Å²) in [5.41, 5.74) is 0.426. The number of Topliss-reactive ketones (excluding diaryl/α,β-unsaturated/α-hetero) is 1. The summed E-state index contributed by atoms with van der Waals surface area (Å²) in [5, 5.41) is 0. The van der Waals surface area contributed by atoms with Gasteiger partial charge in [0.15, 0.2) is 5.78 Å². The SMILES string of the molecule is O=C(CCN1CCN(C(=O)CC(F)(F)F)CC1)c1ccc(F)cc1. The van der Waals surface area contributed by atoms with Gasteiger partial charge in [0.2, 0.25) is 5.91 Å². The van der Waals surface area contributed by atoms with Crippen LogP contribution in [-0.2, 0) is 4.79 Å². The van der Waals surface area contributed by atoms with Gasteiger partial charge in [-0.1, -0.05) is 0 Å². The van der Waals surface area contributed by atoms with Crippen LogP contribution in [0.15, 0.2) is 24.3 Å². The molecule has 0 atom stereocenters. The molecule has 0 spiro atoms. The number of amides is 1. The van der Waals surface area contributed by atoms with Gasteiger partial charge in [0, 0.05) is 44.7 Å². The van der Waals surface area contributed by atoms with Gasteiger partial charge in [-0.25, -0.2) is 4.39 Å². The molecule has 0 saturated carbocycles. The number of carbonyl (C=O) groups is 2. The molecule has 0 N–H and O–H groups in total. The van der Waals surface area contributed by atoms with Gasteiger partial charge >= 0.3 is 6.18 Å². The van der Waals surface area contributed by atoms with Crippen molar-refractivity contribution in [1.82, 2.24) is 9.80 Å². The van der Waals surface area contributed by atoms with Crippen LogP contribution in [0.25, 0.3) is 0 Å². The molecular weight excluding hydrogens is 328 g/mol. The molecule has 2 rings (SSSR count). The van der Waals surface area contributed by atoms with E-state index in [1.54, 1.807) is 0 Å². The quantitative estimate of drug-likeness (QED) is 0.608. The minimum absolute atomic E-state index is 0.120. The maximum Gasteiger partial charge on any atom is 0.397 e. The van der Waals surface area contributed by atoms with Crippen LogP contribution in [0, 0.1) is 5.82 Å². The second kappa shape index (κ2) is 7.74. The van der Waals surface area contributed by atoms with E-state index in [1.807, 2.05) is 4.90 Å². The molecule has 1 aromatic rings. The highest BCUT2D eigenvalue weighted by Crippen LogP contribution is 2.21. The van der Waals surface area contributed by atoms with Crippen molar-refractivity contribution in [2.45, 2.75) is 19.0 Å². The lowest BCUT2D eigenvalue weighted by molar-refractivity contribution is -0.162. The van der Waals surface area contributed by atoms with Gasteiger partial charge in [-0.3, -0.25) is 14.5 Å². The molecule has 1 saturated heterocycles. The number of piperazine rings is 1. The summed E-state index contributed by atoms with van der Waals surface area (Å²) in [6.07, 6.45) is -5.69. The zero-order valence-electron chi connectivity index (χ0n) is 13.0. The van der Waals surface area contributed by atoms with Crippen LogP contribution in [0.4, 0.5) is 17.6 Å². The van der Waals surface area contributed by atoms with Crippen molar-refractivity contribution in [3.8, 4) is 0 Å². The average molecular weight is 346 g/mol. The molecule has 24 heavy (non-hydrogen) atoms. The predicted molar refractivity (Wildman–Crippen MR) is 79.0 cm³/mol. The fourth-order valence-corrected chi connectivity index (χ4v) is 2.54. The summed E-state index contributed by atoms with van der Waals surface area (Å²) in [6, 6.07) is 5.29. The first kappa shape index (κ1) is 18.4. The Bertz CT molecular complexity index is 579. The summed E-state index contributed by atoms with van der Waals surface area (Å²) in [4.78, 5) is 26.6. The maximum absolute atomic E-state index is 12.8. The van der Waals surface area contributed by atoms with E-state index in [-0.39, 0.29) is 25.3 Å². The molecule has 1 heterocycles. The Kier molecular flexibility index (Phi) is 5.93. The normalized spacial score (nSPS) is 16.2. The highest BCUT2D eigenvalue weighted by molar-refractivity contribution is 5.96. The first-order valence-electron chi connectivity index (χ1n) is 7.60. The third kappa shape index (κ3) is 5.59. The van der Waals surface area contributed by atoms with E-state index in [1.165, 1.54) is 29.2 Å². The average Bonchev–Trinajstić information content (AvgIpc) is 2.52. The van der Waals surface area contributed by atoms with E-state index in [9.17, 15) is 27.2 Å². The third-order valence-corrected chi connectivity index (χ3v) is 3.90. The summed E-state index contributed by atoms with van der Waals surface area (Å²) < 4.78 is 49.5. The minimum atomic E-state index is -4.49. The fourth-order valence-electron chi connectivity index (χ4n) is 2.54.